The van der Waals surface area contributed by atoms with Crippen molar-refractivity contribution in [3.05, 3.63) is 23.5 Å². The molecule has 4 N–H and O–H groups in total. The van der Waals surface area contributed by atoms with Crippen molar-refractivity contribution in [1.29, 1.82) is 0 Å². The zero-order valence-corrected chi connectivity index (χ0v) is 10.7. The van der Waals surface area contributed by atoms with Crippen molar-refractivity contribution < 1.29 is 14.3 Å². The number of carboxylic acid groups (broad SMARTS) is 1. The fraction of sp³-hybridized carbons (Fsp3) is 0.417. The third-order valence-electron chi connectivity index (χ3n) is 2.41. The summed E-state index contributed by atoms with van der Waals surface area (Å²) in [5.41, 5.74) is 5.91. The van der Waals surface area contributed by atoms with Crippen LogP contribution in [0, 0.1) is 5.82 Å². The Kier molecular flexibility index (Phi) is 4.49. The molecule has 0 saturated heterocycles. The monoisotopic (exact) mass is 255 g/mol. The van der Waals surface area contributed by atoms with Crippen LogP contribution >= 0.6 is 0 Å². The summed E-state index contributed by atoms with van der Waals surface area (Å²) >= 11 is 0. The highest BCUT2D eigenvalue weighted by atomic mass is 19.1. The van der Waals surface area contributed by atoms with E-state index in [9.17, 15) is 9.18 Å². The van der Waals surface area contributed by atoms with Crippen LogP contribution in [0.4, 0.5) is 15.8 Å². The van der Waals surface area contributed by atoms with Gasteiger partial charge in [-0.15, -0.1) is 0 Å². The van der Waals surface area contributed by atoms with Crippen molar-refractivity contribution in [1.82, 2.24) is 4.90 Å². The Balaban J connectivity index is 2.91. The predicted molar refractivity (Wildman–Crippen MR) is 69.4 cm³/mol. The van der Waals surface area contributed by atoms with E-state index >= 15 is 0 Å². The first-order valence-electron chi connectivity index (χ1n) is 5.55. The van der Waals surface area contributed by atoms with Crippen LogP contribution in [-0.4, -0.2) is 42.7 Å². The molecule has 0 aromatic heterocycles. The Hall–Kier alpha value is -1.82. The number of aromatic carboxylic acids is 1. The predicted octanol–water partition coefficient (Wildman–Crippen LogP) is 1.47. The third-order valence-corrected chi connectivity index (χ3v) is 2.41. The van der Waals surface area contributed by atoms with E-state index in [1.165, 1.54) is 0 Å². The second-order valence-corrected chi connectivity index (χ2v) is 4.53. The van der Waals surface area contributed by atoms with E-state index in [1.54, 1.807) is 0 Å². The zero-order chi connectivity index (χ0) is 13.9. The number of nitrogens with one attached hydrogen (secondary N) is 1. The molecule has 0 heterocycles. The summed E-state index contributed by atoms with van der Waals surface area (Å²) in [4.78, 5) is 12.7. The molecule has 18 heavy (non-hydrogen) atoms. The summed E-state index contributed by atoms with van der Waals surface area (Å²) in [6.45, 7) is 2.68. The Labute approximate surface area is 105 Å². The Morgan fingerprint density at radius 3 is 2.67 bits per heavy atom. The number of carboxylic acids is 1. The Morgan fingerprint density at radius 2 is 2.17 bits per heavy atom. The van der Waals surface area contributed by atoms with E-state index in [-0.39, 0.29) is 11.7 Å². The molecule has 6 heteroatoms. The second-order valence-electron chi connectivity index (χ2n) is 4.53. The molecular weight excluding hydrogens is 237 g/mol. The van der Waals surface area contributed by atoms with Crippen LogP contribution < -0.4 is 11.1 Å². The van der Waals surface area contributed by atoms with E-state index in [4.69, 9.17) is 10.8 Å². The molecule has 1 aromatic rings. The van der Waals surface area contributed by atoms with Gasteiger partial charge in [0.05, 0.1) is 16.9 Å². The number of halogens is 1. The molecule has 100 valence electrons. The van der Waals surface area contributed by atoms with Gasteiger partial charge in [0.1, 0.15) is 5.82 Å². The molecular formula is C12H18FN3O2. The van der Waals surface area contributed by atoms with Gasteiger partial charge in [0.25, 0.3) is 0 Å². The van der Waals surface area contributed by atoms with Crippen molar-refractivity contribution in [2.24, 2.45) is 0 Å². The van der Waals surface area contributed by atoms with E-state index < -0.39 is 17.3 Å². The van der Waals surface area contributed by atoms with Crippen LogP contribution in [-0.2, 0) is 0 Å². The molecule has 0 radical (unpaired) electrons. The first-order valence-corrected chi connectivity index (χ1v) is 5.55. The normalized spacial score (nSPS) is 12.5. The smallest absolute Gasteiger partial charge is 0.338 e. The maximum absolute atomic E-state index is 13.5. The number of anilines is 2. The van der Waals surface area contributed by atoms with E-state index in [2.05, 4.69) is 5.32 Å². The molecule has 0 spiro atoms. The number of carbonyl (C=O) groups is 1. The van der Waals surface area contributed by atoms with Gasteiger partial charge in [-0.25, -0.2) is 9.18 Å². The van der Waals surface area contributed by atoms with Gasteiger partial charge in [-0.2, -0.15) is 0 Å². The maximum atomic E-state index is 13.5. The molecule has 1 aromatic carbocycles. The highest BCUT2D eigenvalue weighted by molar-refractivity contribution is 5.90. The Bertz CT molecular complexity index is 449. The fourth-order valence-corrected chi connectivity index (χ4v) is 1.74. The lowest BCUT2D eigenvalue weighted by molar-refractivity contribution is 0.0692. The summed E-state index contributed by atoms with van der Waals surface area (Å²) < 4.78 is 13.5. The van der Waals surface area contributed by atoms with Crippen molar-refractivity contribution in [2.75, 3.05) is 31.7 Å². The van der Waals surface area contributed by atoms with Crippen LogP contribution in [0.25, 0.3) is 0 Å². The van der Waals surface area contributed by atoms with Crippen molar-refractivity contribution in [2.45, 2.75) is 13.0 Å². The number of benzene rings is 1. The second kappa shape index (κ2) is 5.68. The summed E-state index contributed by atoms with van der Waals surface area (Å²) in [5, 5.41) is 11.8. The molecule has 1 atom stereocenters. The summed E-state index contributed by atoms with van der Waals surface area (Å²) in [5.74, 6) is -2.12. The quantitative estimate of drug-likeness (QED) is 0.694. The molecule has 1 rings (SSSR count). The first-order chi connectivity index (χ1) is 8.31. The average Bonchev–Trinajstić information content (AvgIpc) is 2.21. The number of hydrogen-bond donors (Lipinski definition) is 3. The number of nitrogens with two attached hydrogens (primary N) is 1. The number of nitrogens with zero attached hydrogens (tertiary/aromatic N) is 1. The van der Waals surface area contributed by atoms with Gasteiger partial charge in [0.2, 0.25) is 0 Å². The highest BCUT2D eigenvalue weighted by Crippen LogP contribution is 2.23. The van der Waals surface area contributed by atoms with E-state index in [0.29, 0.717) is 5.69 Å². The molecule has 1 unspecified atom stereocenters. The lowest BCUT2D eigenvalue weighted by atomic mass is 10.1. The lowest BCUT2D eigenvalue weighted by Crippen LogP contribution is -2.30. The first kappa shape index (κ1) is 14.2. The van der Waals surface area contributed by atoms with Crippen LogP contribution in [0.1, 0.15) is 17.3 Å². The van der Waals surface area contributed by atoms with E-state index in [1.807, 2.05) is 25.9 Å². The molecule has 0 saturated carbocycles. The molecule has 5 nitrogen and oxygen atoms in total. The molecule has 0 fully saturated rings. The summed E-state index contributed by atoms with van der Waals surface area (Å²) in [6, 6.07) is 2.31. The molecule has 0 aliphatic carbocycles. The summed E-state index contributed by atoms with van der Waals surface area (Å²) in [6.07, 6.45) is 0. The van der Waals surface area contributed by atoms with Gasteiger partial charge in [-0.05, 0) is 33.2 Å². The van der Waals surface area contributed by atoms with Crippen molar-refractivity contribution >= 4 is 17.3 Å². The minimum absolute atomic E-state index is 0.0670. The number of rotatable bonds is 5. The van der Waals surface area contributed by atoms with Gasteiger partial charge in [-0.1, -0.05) is 0 Å². The van der Waals surface area contributed by atoms with Crippen molar-refractivity contribution in [3.63, 3.8) is 0 Å². The average molecular weight is 255 g/mol. The van der Waals surface area contributed by atoms with E-state index in [0.717, 1.165) is 18.7 Å². The van der Waals surface area contributed by atoms with Gasteiger partial charge in [-0.3, -0.25) is 0 Å². The standard InChI is InChI=1S/C12H18FN3O2/c1-7(6-16(2)3)15-11-5-9(13)8(12(17)18)4-10(11)14/h4-5,7,15H,6,14H2,1-3H3,(H,17,18). The number of hydrogen-bond acceptors (Lipinski definition) is 4. The minimum Gasteiger partial charge on any atom is -0.478 e. The zero-order valence-electron chi connectivity index (χ0n) is 10.7. The minimum atomic E-state index is -1.33. The van der Waals surface area contributed by atoms with Gasteiger partial charge < -0.3 is 21.1 Å². The third kappa shape index (κ3) is 3.59. The molecule has 0 aliphatic heterocycles. The highest BCUT2D eigenvalue weighted by Gasteiger charge is 2.14. The number of likely N-dealkylation sites (N-methyl/N-ethyl adjacent to an activating group) is 1. The summed E-state index contributed by atoms with van der Waals surface area (Å²) in [7, 11) is 3.85. The molecule has 0 bridgehead atoms. The van der Waals surface area contributed by atoms with Crippen LogP contribution in [0.2, 0.25) is 0 Å². The van der Waals surface area contributed by atoms with Crippen LogP contribution in [0.3, 0.4) is 0 Å². The SMILES string of the molecule is CC(CN(C)C)Nc1cc(F)c(C(=O)O)cc1N. The van der Waals surface area contributed by atoms with Gasteiger partial charge >= 0.3 is 5.97 Å². The van der Waals surface area contributed by atoms with Crippen LogP contribution in [0.15, 0.2) is 12.1 Å². The van der Waals surface area contributed by atoms with Crippen LogP contribution in [0.5, 0.6) is 0 Å². The molecule has 0 amide bonds. The maximum Gasteiger partial charge on any atom is 0.338 e. The lowest BCUT2D eigenvalue weighted by Gasteiger charge is -2.20. The largest absolute Gasteiger partial charge is 0.478 e. The molecule has 0 aliphatic rings. The van der Waals surface area contributed by atoms with Gasteiger partial charge in [0.15, 0.2) is 0 Å². The number of nitrogen functional groups attached to an aromatic ring is 1. The Morgan fingerprint density at radius 1 is 1.56 bits per heavy atom. The van der Waals surface area contributed by atoms with Gasteiger partial charge in [0, 0.05) is 12.6 Å². The van der Waals surface area contributed by atoms with Crippen molar-refractivity contribution in [3.8, 4) is 0 Å². The topological polar surface area (TPSA) is 78.6 Å². The fourth-order valence-electron chi connectivity index (χ4n) is 1.74.